The first kappa shape index (κ1) is 32.5. The molecule has 2 aromatic rings. The maximum absolute atomic E-state index is 13.8. The van der Waals surface area contributed by atoms with Gasteiger partial charge in [0.05, 0.1) is 18.9 Å². The number of nitrogens with zero attached hydrogens (tertiary/aromatic N) is 2. The Hall–Kier alpha value is -3.90. The normalized spacial score (nSPS) is 19.2. The van der Waals surface area contributed by atoms with Gasteiger partial charge in [0.2, 0.25) is 11.8 Å². The molecule has 3 N–H and O–H groups in total. The van der Waals surface area contributed by atoms with Crippen LogP contribution in [0.5, 0.6) is 0 Å². The van der Waals surface area contributed by atoms with E-state index >= 15 is 0 Å². The van der Waals surface area contributed by atoms with Crippen LogP contribution >= 0.6 is 0 Å². The number of nitrogens with one attached hydrogen (secondary N) is 3. The van der Waals surface area contributed by atoms with Crippen molar-refractivity contribution in [2.75, 3.05) is 11.9 Å². The summed E-state index contributed by atoms with van der Waals surface area (Å²) in [5, 5.41) is 12.2. The van der Waals surface area contributed by atoms with Crippen LogP contribution in [-0.2, 0) is 25.5 Å². The SMILES string of the molecule is CCOC(=O)CC(NC(=O)C1CCc2cc(NC(=O)[C@@H](NC(=O)c3ccnn3C(C)C)C(C3CC3)C3CC3)ccc21)C(F)(F)F. The number of rotatable bonds is 13. The molecule has 0 aliphatic heterocycles. The number of ether oxygens (including phenoxy) is 1. The molecule has 0 spiro atoms. The molecule has 10 nitrogen and oxygen atoms in total. The molecule has 1 heterocycles. The van der Waals surface area contributed by atoms with Gasteiger partial charge in [0.15, 0.2) is 0 Å². The Balaban J connectivity index is 1.29. The van der Waals surface area contributed by atoms with Crippen LogP contribution in [0, 0.1) is 17.8 Å². The Morgan fingerprint density at radius 1 is 1.02 bits per heavy atom. The van der Waals surface area contributed by atoms with Gasteiger partial charge < -0.3 is 20.7 Å². The summed E-state index contributed by atoms with van der Waals surface area (Å²) in [6, 6.07) is 3.49. The molecule has 2 unspecified atom stereocenters. The molecule has 244 valence electrons. The lowest BCUT2D eigenvalue weighted by Crippen LogP contribution is -2.50. The average Bonchev–Trinajstić information content (AvgIpc) is 3.89. The molecule has 3 atom stereocenters. The van der Waals surface area contributed by atoms with Gasteiger partial charge in [-0.3, -0.25) is 23.9 Å². The summed E-state index contributed by atoms with van der Waals surface area (Å²) in [6.45, 7) is 5.27. The maximum Gasteiger partial charge on any atom is 0.409 e. The zero-order valence-corrected chi connectivity index (χ0v) is 25.7. The van der Waals surface area contributed by atoms with Crippen LogP contribution < -0.4 is 16.0 Å². The molecule has 3 amide bonds. The Labute approximate surface area is 259 Å². The largest absolute Gasteiger partial charge is 0.466 e. The number of aryl methyl sites for hydroxylation is 1. The van der Waals surface area contributed by atoms with E-state index in [1.165, 1.54) is 6.92 Å². The lowest BCUT2D eigenvalue weighted by atomic mass is 9.88. The fourth-order valence-electron chi connectivity index (χ4n) is 6.44. The maximum atomic E-state index is 13.8. The van der Waals surface area contributed by atoms with Gasteiger partial charge in [-0.2, -0.15) is 18.3 Å². The van der Waals surface area contributed by atoms with E-state index in [0.29, 0.717) is 35.2 Å². The van der Waals surface area contributed by atoms with Crippen LogP contribution in [0.4, 0.5) is 18.9 Å². The first-order chi connectivity index (χ1) is 21.4. The highest BCUT2D eigenvalue weighted by Gasteiger charge is 2.49. The average molecular weight is 632 g/mol. The zero-order chi connectivity index (χ0) is 32.5. The van der Waals surface area contributed by atoms with Crippen molar-refractivity contribution >= 4 is 29.4 Å². The quantitative estimate of drug-likeness (QED) is 0.276. The third kappa shape index (κ3) is 7.67. The first-order valence-corrected chi connectivity index (χ1v) is 15.7. The second-order valence-corrected chi connectivity index (χ2v) is 12.6. The predicted octanol–water partition coefficient (Wildman–Crippen LogP) is 4.67. The van der Waals surface area contributed by atoms with E-state index in [0.717, 1.165) is 31.2 Å². The summed E-state index contributed by atoms with van der Waals surface area (Å²) in [4.78, 5) is 51.9. The smallest absolute Gasteiger partial charge is 0.409 e. The lowest BCUT2D eigenvalue weighted by molar-refractivity contribution is -0.172. The summed E-state index contributed by atoms with van der Waals surface area (Å²) in [6.07, 6.45) is 0.512. The van der Waals surface area contributed by atoms with Gasteiger partial charge in [-0.15, -0.1) is 0 Å². The highest BCUT2D eigenvalue weighted by atomic mass is 19.4. The molecule has 5 rings (SSSR count). The Morgan fingerprint density at radius 2 is 1.71 bits per heavy atom. The molecular formula is C32H40F3N5O5. The number of fused-ring (bicyclic) bond motifs is 1. The third-order valence-corrected chi connectivity index (χ3v) is 8.87. The van der Waals surface area contributed by atoms with E-state index < -0.39 is 42.5 Å². The fraction of sp³-hybridized carbons (Fsp3) is 0.594. The Bertz CT molecular complexity index is 1420. The van der Waals surface area contributed by atoms with Crippen molar-refractivity contribution in [3.8, 4) is 0 Å². The molecule has 45 heavy (non-hydrogen) atoms. The molecule has 0 bridgehead atoms. The van der Waals surface area contributed by atoms with Gasteiger partial charge in [0.25, 0.3) is 5.91 Å². The van der Waals surface area contributed by atoms with Crippen LogP contribution in [0.15, 0.2) is 30.5 Å². The number of hydrogen-bond donors (Lipinski definition) is 3. The van der Waals surface area contributed by atoms with Crippen LogP contribution in [0.2, 0.25) is 0 Å². The molecule has 3 aliphatic rings. The zero-order valence-electron chi connectivity index (χ0n) is 25.7. The van der Waals surface area contributed by atoms with Crippen molar-refractivity contribution < 1.29 is 37.1 Å². The van der Waals surface area contributed by atoms with Crippen molar-refractivity contribution in [1.29, 1.82) is 0 Å². The highest BCUT2D eigenvalue weighted by Crippen LogP contribution is 2.51. The van der Waals surface area contributed by atoms with Crippen molar-refractivity contribution in [3.05, 3.63) is 47.3 Å². The van der Waals surface area contributed by atoms with Gasteiger partial charge in [-0.1, -0.05) is 6.07 Å². The van der Waals surface area contributed by atoms with E-state index in [1.54, 1.807) is 35.1 Å². The van der Waals surface area contributed by atoms with E-state index in [1.807, 2.05) is 19.2 Å². The number of anilines is 1. The number of aromatic nitrogens is 2. The molecule has 2 saturated carbocycles. The molecule has 1 aromatic heterocycles. The summed E-state index contributed by atoms with van der Waals surface area (Å²) in [7, 11) is 0. The third-order valence-electron chi connectivity index (χ3n) is 8.87. The standard InChI is InChI=1S/C32H40F3N5O5/c1-4-45-26(41)16-25(32(33,34)35)38-29(42)23-11-9-20-15-21(10-12-22(20)23)37-31(44)28(27(18-5-6-18)19-7-8-19)39-30(43)24-13-14-36-40(24)17(2)3/h10,12-15,17-19,23,25,27-28H,4-9,11,16H2,1-3H3,(H,37,44)(H,38,42)(H,39,43)/t23?,25?,28-/m0/s1. The number of esters is 1. The lowest BCUT2D eigenvalue weighted by Gasteiger charge is -2.28. The number of halogens is 3. The first-order valence-electron chi connectivity index (χ1n) is 15.7. The summed E-state index contributed by atoms with van der Waals surface area (Å²) >= 11 is 0. The molecule has 13 heteroatoms. The van der Waals surface area contributed by atoms with Crippen LogP contribution in [0.1, 0.15) is 92.9 Å². The number of carbonyl (C=O) groups is 4. The van der Waals surface area contributed by atoms with E-state index in [-0.39, 0.29) is 36.8 Å². The molecule has 3 aliphatic carbocycles. The van der Waals surface area contributed by atoms with Gasteiger partial charge in [0, 0.05) is 17.9 Å². The molecule has 0 radical (unpaired) electrons. The second kappa shape index (κ2) is 13.2. The van der Waals surface area contributed by atoms with Crippen molar-refractivity contribution in [1.82, 2.24) is 20.4 Å². The van der Waals surface area contributed by atoms with Gasteiger partial charge >= 0.3 is 12.1 Å². The van der Waals surface area contributed by atoms with Gasteiger partial charge in [-0.05, 0) is 106 Å². The Kier molecular flexibility index (Phi) is 9.54. The van der Waals surface area contributed by atoms with Crippen LogP contribution in [-0.4, -0.2) is 58.3 Å². The van der Waals surface area contributed by atoms with Crippen LogP contribution in [0.25, 0.3) is 0 Å². The fourth-order valence-corrected chi connectivity index (χ4v) is 6.44. The van der Waals surface area contributed by atoms with E-state index in [2.05, 4.69) is 20.5 Å². The molecular weight excluding hydrogens is 591 g/mol. The van der Waals surface area contributed by atoms with Gasteiger partial charge in [-0.25, -0.2) is 0 Å². The van der Waals surface area contributed by atoms with Crippen LogP contribution in [0.3, 0.4) is 0 Å². The van der Waals surface area contributed by atoms with E-state index in [4.69, 9.17) is 0 Å². The van der Waals surface area contributed by atoms with Gasteiger partial charge in [0.1, 0.15) is 17.8 Å². The molecule has 1 aromatic carbocycles. The Morgan fingerprint density at radius 3 is 2.31 bits per heavy atom. The summed E-state index contributed by atoms with van der Waals surface area (Å²) < 4.78 is 47.0. The number of amides is 3. The molecule has 2 fully saturated rings. The monoisotopic (exact) mass is 631 g/mol. The molecule has 0 saturated heterocycles. The number of carbonyl (C=O) groups excluding carboxylic acids is 4. The minimum atomic E-state index is -4.82. The second-order valence-electron chi connectivity index (χ2n) is 12.6. The van der Waals surface area contributed by atoms with Crippen molar-refractivity contribution in [3.63, 3.8) is 0 Å². The summed E-state index contributed by atoms with van der Waals surface area (Å²) in [5.41, 5.74) is 2.17. The van der Waals surface area contributed by atoms with Crippen molar-refractivity contribution in [2.24, 2.45) is 17.8 Å². The highest BCUT2D eigenvalue weighted by molar-refractivity contribution is 6.01. The number of hydrogen-bond acceptors (Lipinski definition) is 6. The number of benzene rings is 1. The van der Waals surface area contributed by atoms with E-state index in [9.17, 15) is 32.3 Å². The summed E-state index contributed by atoms with van der Waals surface area (Å²) in [5.74, 6) is -2.64. The minimum Gasteiger partial charge on any atom is -0.466 e. The topological polar surface area (TPSA) is 131 Å². The minimum absolute atomic E-state index is 0.0167. The predicted molar refractivity (Wildman–Crippen MR) is 158 cm³/mol. The van der Waals surface area contributed by atoms with Crippen molar-refractivity contribution in [2.45, 2.75) is 95.9 Å². The number of alkyl halides is 3.